The topological polar surface area (TPSA) is 92.7 Å². The number of carbonyl (C=O) groups is 1. The number of hydrogen-bond acceptors (Lipinski definition) is 7. The SMILES string of the molecule is CO[C@@H]1[C@H](OCc2ccccc2)[C@H](OCC(=O)O)O[C@H](COC(C)C)[C@H]1OC. The summed E-state index contributed by atoms with van der Waals surface area (Å²) in [5.74, 6) is -1.09. The molecular weight excluding hydrogens is 368 g/mol. The number of benzene rings is 1. The molecule has 1 fully saturated rings. The molecule has 158 valence electrons. The first kappa shape index (κ1) is 22.7. The number of carboxylic acid groups (broad SMARTS) is 1. The highest BCUT2D eigenvalue weighted by atomic mass is 16.7. The summed E-state index contributed by atoms with van der Waals surface area (Å²) in [5.41, 5.74) is 0.966. The maximum absolute atomic E-state index is 11.0. The van der Waals surface area contributed by atoms with Gasteiger partial charge in [-0.25, -0.2) is 4.79 Å². The average Bonchev–Trinajstić information content (AvgIpc) is 2.69. The van der Waals surface area contributed by atoms with E-state index in [2.05, 4.69) is 0 Å². The van der Waals surface area contributed by atoms with Gasteiger partial charge in [0, 0.05) is 14.2 Å². The molecule has 5 atom stereocenters. The Balaban J connectivity index is 2.16. The molecule has 1 aromatic carbocycles. The minimum atomic E-state index is -1.09. The van der Waals surface area contributed by atoms with Gasteiger partial charge >= 0.3 is 5.97 Å². The van der Waals surface area contributed by atoms with Crippen LogP contribution in [-0.2, 0) is 39.8 Å². The zero-order chi connectivity index (χ0) is 20.5. The van der Waals surface area contributed by atoms with Crippen molar-refractivity contribution in [2.24, 2.45) is 0 Å². The van der Waals surface area contributed by atoms with E-state index in [1.54, 1.807) is 14.2 Å². The third kappa shape index (κ3) is 6.51. The molecule has 0 spiro atoms. The van der Waals surface area contributed by atoms with Gasteiger partial charge in [-0.3, -0.25) is 0 Å². The Hall–Kier alpha value is -1.55. The van der Waals surface area contributed by atoms with Gasteiger partial charge < -0.3 is 33.5 Å². The zero-order valence-corrected chi connectivity index (χ0v) is 16.8. The Kier molecular flexibility index (Phi) is 9.30. The van der Waals surface area contributed by atoms with Gasteiger partial charge in [0.05, 0.1) is 19.3 Å². The number of hydrogen-bond donors (Lipinski definition) is 1. The molecule has 2 rings (SSSR count). The standard InChI is InChI=1S/C20H30O8/c1-13(2)25-11-15-17(23-3)18(24-4)19(20(28-15)27-12-16(21)22)26-10-14-8-6-5-7-9-14/h5-9,13,15,17-20H,10-12H2,1-4H3,(H,21,22)/t15-,17-,18+,19+,20-/m1/s1. The van der Waals surface area contributed by atoms with Crippen LogP contribution < -0.4 is 0 Å². The van der Waals surface area contributed by atoms with Gasteiger partial charge in [-0.05, 0) is 19.4 Å². The summed E-state index contributed by atoms with van der Waals surface area (Å²) in [6.45, 7) is 3.88. The highest BCUT2D eigenvalue weighted by molar-refractivity contribution is 5.68. The van der Waals surface area contributed by atoms with Crippen LogP contribution in [0.5, 0.6) is 0 Å². The molecule has 1 N–H and O–H groups in total. The van der Waals surface area contributed by atoms with E-state index >= 15 is 0 Å². The van der Waals surface area contributed by atoms with E-state index in [-0.39, 0.29) is 12.7 Å². The highest BCUT2D eigenvalue weighted by Crippen LogP contribution is 2.29. The van der Waals surface area contributed by atoms with E-state index in [0.717, 1.165) is 5.56 Å². The number of rotatable bonds is 11. The third-order valence-corrected chi connectivity index (χ3v) is 4.39. The molecule has 1 aliphatic rings. The minimum absolute atomic E-state index is 0.00698. The van der Waals surface area contributed by atoms with Crippen LogP contribution in [0.1, 0.15) is 19.4 Å². The average molecular weight is 398 g/mol. The maximum Gasteiger partial charge on any atom is 0.329 e. The Labute approximate surface area is 165 Å². The summed E-state index contributed by atoms with van der Waals surface area (Å²) in [4.78, 5) is 11.0. The zero-order valence-electron chi connectivity index (χ0n) is 16.8. The minimum Gasteiger partial charge on any atom is -0.480 e. The first-order chi connectivity index (χ1) is 13.5. The van der Waals surface area contributed by atoms with Crippen LogP contribution in [0.2, 0.25) is 0 Å². The fourth-order valence-corrected chi connectivity index (χ4v) is 3.08. The van der Waals surface area contributed by atoms with Crippen molar-refractivity contribution < 1.29 is 38.3 Å². The van der Waals surface area contributed by atoms with Gasteiger partial charge in [0.15, 0.2) is 6.29 Å². The second kappa shape index (κ2) is 11.5. The predicted molar refractivity (Wildman–Crippen MR) is 99.9 cm³/mol. The number of methoxy groups -OCH3 is 2. The molecule has 0 radical (unpaired) electrons. The van der Waals surface area contributed by atoms with E-state index in [0.29, 0.717) is 6.61 Å². The molecule has 28 heavy (non-hydrogen) atoms. The second-order valence-corrected chi connectivity index (χ2v) is 6.79. The highest BCUT2D eigenvalue weighted by Gasteiger charge is 2.48. The van der Waals surface area contributed by atoms with E-state index in [9.17, 15) is 4.79 Å². The van der Waals surface area contributed by atoms with E-state index < -0.39 is 43.3 Å². The van der Waals surface area contributed by atoms with Crippen molar-refractivity contribution >= 4 is 5.97 Å². The summed E-state index contributed by atoms with van der Waals surface area (Å²) < 4.78 is 34.4. The lowest BCUT2D eigenvalue weighted by Gasteiger charge is -2.45. The van der Waals surface area contributed by atoms with Crippen molar-refractivity contribution in [1.82, 2.24) is 0 Å². The molecule has 0 unspecified atom stereocenters. The predicted octanol–water partition coefficient (Wildman–Crippen LogP) is 1.85. The second-order valence-electron chi connectivity index (χ2n) is 6.79. The molecule has 1 aliphatic heterocycles. The molecule has 0 aliphatic carbocycles. The van der Waals surface area contributed by atoms with Crippen LogP contribution in [0.15, 0.2) is 30.3 Å². The van der Waals surface area contributed by atoms with Crippen molar-refractivity contribution in [3.8, 4) is 0 Å². The maximum atomic E-state index is 11.0. The Morgan fingerprint density at radius 3 is 2.32 bits per heavy atom. The largest absolute Gasteiger partial charge is 0.480 e. The van der Waals surface area contributed by atoms with E-state index in [1.165, 1.54) is 0 Å². The van der Waals surface area contributed by atoms with Crippen molar-refractivity contribution in [2.45, 2.75) is 57.3 Å². The quantitative estimate of drug-likeness (QED) is 0.604. The van der Waals surface area contributed by atoms with Gasteiger partial charge in [0.25, 0.3) is 0 Å². The van der Waals surface area contributed by atoms with Gasteiger partial charge in [-0.2, -0.15) is 0 Å². The number of carboxylic acids is 1. The lowest BCUT2D eigenvalue weighted by atomic mass is 9.98. The summed E-state index contributed by atoms with van der Waals surface area (Å²) in [6, 6.07) is 9.63. The Morgan fingerprint density at radius 1 is 1.07 bits per heavy atom. The molecule has 0 saturated carbocycles. The molecule has 8 heteroatoms. The lowest BCUT2D eigenvalue weighted by molar-refractivity contribution is -0.319. The van der Waals surface area contributed by atoms with Crippen LogP contribution in [-0.4, -0.2) is 75.3 Å². The van der Waals surface area contributed by atoms with Gasteiger partial charge in [0.2, 0.25) is 0 Å². The van der Waals surface area contributed by atoms with Crippen molar-refractivity contribution in [3.63, 3.8) is 0 Å². The third-order valence-electron chi connectivity index (χ3n) is 4.39. The Morgan fingerprint density at radius 2 is 1.75 bits per heavy atom. The Bertz CT molecular complexity index is 579. The van der Waals surface area contributed by atoms with Crippen molar-refractivity contribution in [1.29, 1.82) is 0 Å². The van der Waals surface area contributed by atoms with Gasteiger partial charge in [-0.1, -0.05) is 30.3 Å². The first-order valence-corrected chi connectivity index (χ1v) is 9.27. The molecule has 0 amide bonds. The lowest BCUT2D eigenvalue weighted by Crippen LogP contribution is -2.61. The van der Waals surface area contributed by atoms with E-state index in [4.69, 9.17) is 33.5 Å². The molecular formula is C20H30O8. The van der Waals surface area contributed by atoms with Crippen molar-refractivity contribution in [3.05, 3.63) is 35.9 Å². The summed E-state index contributed by atoms with van der Waals surface area (Å²) in [6.07, 6.45) is -3.08. The fraction of sp³-hybridized carbons (Fsp3) is 0.650. The molecule has 1 heterocycles. The number of ether oxygens (including phenoxy) is 6. The summed E-state index contributed by atoms with van der Waals surface area (Å²) in [5, 5.41) is 9.00. The van der Waals surface area contributed by atoms with Crippen LogP contribution in [0.4, 0.5) is 0 Å². The summed E-state index contributed by atoms with van der Waals surface area (Å²) in [7, 11) is 3.12. The monoisotopic (exact) mass is 398 g/mol. The van der Waals surface area contributed by atoms with Gasteiger partial charge in [-0.15, -0.1) is 0 Å². The van der Waals surface area contributed by atoms with Crippen molar-refractivity contribution in [2.75, 3.05) is 27.4 Å². The smallest absolute Gasteiger partial charge is 0.329 e. The van der Waals surface area contributed by atoms with Gasteiger partial charge in [0.1, 0.15) is 31.0 Å². The van der Waals surface area contributed by atoms with Crippen LogP contribution >= 0.6 is 0 Å². The number of aliphatic carboxylic acids is 1. The normalized spacial score (nSPS) is 27.8. The molecule has 0 bridgehead atoms. The first-order valence-electron chi connectivity index (χ1n) is 9.27. The fourth-order valence-electron chi connectivity index (χ4n) is 3.08. The molecule has 1 saturated heterocycles. The molecule has 0 aromatic heterocycles. The van der Waals surface area contributed by atoms with Crippen LogP contribution in [0.25, 0.3) is 0 Å². The van der Waals surface area contributed by atoms with E-state index in [1.807, 2.05) is 44.2 Å². The molecule has 1 aromatic rings. The van der Waals surface area contributed by atoms with Crippen LogP contribution in [0, 0.1) is 0 Å². The van der Waals surface area contributed by atoms with Crippen LogP contribution in [0.3, 0.4) is 0 Å². The molecule has 8 nitrogen and oxygen atoms in total. The summed E-state index contributed by atoms with van der Waals surface area (Å²) >= 11 is 0.